The van der Waals surface area contributed by atoms with E-state index in [1.54, 1.807) is 16.7 Å². The molecule has 1 saturated heterocycles. The first-order chi connectivity index (χ1) is 16.1. The Hall–Kier alpha value is -2.22. The lowest BCUT2D eigenvalue weighted by Gasteiger charge is -2.38. The molecule has 2 fully saturated rings. The second kappa shape index (κ2) is 8.47. The molecule has 34 heavy (non-hydrogen) atoms. The lowest BCUT2D eigenvalue weighted by molar-refractivity contribution is 0.150. The van der Waals surface area contributed by atoms with E-state index in [-0.39, 0.29) is 15.7 Å². The fraction of sp³-hybridized carbons (Fsp3) is 0.571. The molecule has 5 rings (SSSR count). The van der Waals surface area contributed by atoms with Crippen LogP contribution in [0.25, 0.3) is 16.3 Å². The minimum Gasteiger partial charge on any atom is -0.369 e. The van der Waals surface area contributed by atoms with Crippen LogP contribution in [-0.2, 0) is 10.0 Å². The van der Waals surface area contributed by atoms with Crippen LogP contribution < -0.4 is 14.9 Å². The fourth-order valence-corrected chi connectivity index (χ4v) is 6.67. The van der Waals surface area contributed by atoms with Gasteiger partial charge < -0.3 is 10.2 Å². The number of halogens is 2. The molecule has 0 bridgehead atoms. The smallest absolute Gasteiger partial charge is 0.291 e. The SMILES string of the molecule is CNC1CCN(c2cc(S(=O)(=O)NC3(C)CC3)cn3c(-c4nnc(C(F)F)s4)ncc23)C[C@@H]1C. The van der Waals surface area contributed by atoms with Crippen LogP contribution in [0.4, 0.5) is 14.5 Å². The van der Waals surface area contributed by atoms with Crippen molar-refractivity contribution < 1.29 is 17.2 Å². The molecule has 184 valence electrons. The number of hydrogen-bond acceptors (Lipinski definition) is 8. The zero-order valence-electron chi connectivity index (χ0n) is 19.1. The number of imidazole rings is 1. The molecule has 0 amide bonds. The number of fused-ring (bicyclic) bond motifs is 1. The predicted molar refractivity (Wildman–Crippen MR) is 126 cm³/mol. The van der Waals surface area contributed by atoms with Crippen molar-refractivity contribution in [2.24, 2.45) is 5.92 Å². The summed E-state index contributed by atoms with van der Waals surface area (Å²) in [6, 6.07) is 2.07. The molecule has 9 nitrogen and oxygen atoms in total. The second-order valence-corrected chi connectivity index (χ2v) is 12.1. The van der Waals surface area contributed by atoms with Crippen molar-refractivity contribution in [1.29, 1.82) is 0 Å². The third kappa shape index (κ3) is 4.30. The summed E-state index contributed by atoms with van der Waals surface area (Å²) in [6.45, 7) is 5.53. The van der Waals surface area contributed by atoms with Gasteiger partial charge in [-0.1, -0.05) is 18.3 Å². The van der Waals surface area contributed by atoms with Crippen molar-refractivity contribution >= 4 is 32.6 Å². The largest absolute Gasteiger partial charge is 0.369 e. The van der Waals surface area contributed by atoms with Crippen LogP contribution in [0.3, 0.4) is 0 Å². The van der Waals surface area contributed by atoms with Gasteiger partial charge in [0.2, 0.25) is 10.0 Å². The minimum atomic E-state index is -3.81. The lowest BCUT2D eigenvalue weighted by Crippen LogP contribution is -2.47. The Morgan fingerprint density at radius 3 is 2.68 bits per heavy atom. The maximum absolute atomic E-state index is 13.3. The van der Waals surface area contributed by atoms with Crippen LogP contribution in [0, 0.1) is 5.92 Å². The van der Waals surface area contributed by atoms with Crippen molar-refractivity contribution in [3.8, 4) is 10.8 Å². The number of alkyl halides is 2. The summed E-state index contributed by atoms with van der Waals surface area (Å²) in [7, 11) is -1.86. The first kappa shape index (κ1) is 23.5. The highest BCUT2D eigenvalue weighted by Gasteiger charge is 2.41. The molecular formula is C21H27F2N7O2S2. The molecule has 1 unspecified atom stereocenters. The van der Waals surface area contributed by atoms with Gasteiger partial charge in [-0.05, 0) is 45.2 Å². The number of pyridine rings is 1. The number of anilines is 1. The van der Waals surface area contributed by atoms with Gasteiger partial charge in [0.05, 0.1) is 17.4 Å². The number of nitrogens with zero attached hydrogens (tertiary/aromatic N) is 5. The third-order valence-corrected chi connectivity index (χ3v) is 9.25. The van der Waals surface area contributed by atoms with Gasteiger partial charge in [0.1, 0.15) is 4.90 Å². The molecule has 1 saturated carbocycles. The summed E-state index contributed by atoms with van der Waals surface area (Å²) in [6.07, 6.45) is 2.87. The molecule has 2 atom stereocenters. The summed E-state index contributed by atoms with van der Waals surface area (Å²) in [4.78, 5) is 6.70. The standard InChI is InChI=1S/C21H27F2N7O2S2/c1-12-10-29(7-4-14(12)24-3)15-8-13(34(31,32)28-21(2)5-6-21)11-30-16(15)9-25-18(30)20-27-26-19(33-20)17(22)23/h8-9,11-12,14,17,24,28H,4-7,10H2,1-3H3/t12-,14?/m0/s1. The van der Waals surface area contributed by atoms with E-state index < -0.39 is 27.0 Å². The van der Waals surface area contributed by atoms with Crippen LogP contribution in [0.1, 0.15) is 44.5 Å². The second-order valence-electron chi connectivity index (χ2n) is 9.42. The average Bonchev–Trinajstić information content (AvgIpc) is 3.18. The normalized spacial score (nSPS) is 22.6. The van der Waals surface area contributed by atoms with Crippen LogP contribution in [-0.4, -0.2) is 59.7 Å². The molecule has 3 aromatic heterocycles. The third-order valence-electron chi connectivity index (χ3n) is 6.72. The van der Waals surface area contributed by atoms with Crippen LogP contribution >= 0.6 is 11.3 Å². The summed E-state index contributed by atoms with van der Waals surface area (Å²) in [5, 5.41) is 10.6. The molecule has 2 aliphatic rings. The van der Waals surface area contributed by atoms with Crippen molar-refractivity contribution in [1.82, 2.24) is 29.6 Å². The molecule has 13 heteroatoms. The Bertz CT molecular complexity index is 1320. The Balaban J connectivity index is 1.63. The maximum atomic E-state index is 13.3. The van der Waals surface area contributed by atoms with Gasteiger partial charge in [-0.15, -0.1) is 10.2 Å². The molecule has 2 N–H and O–H groups in total. The minimum absolute atomic E-state index is 0.101. The Kier molecular flexibility index (Phi) is 5.86. The first-order valence-electron chi connectivity index (χ1n) is 11.2. The quantitative estimate of drug-likeness (QED) is 0.502. The van der Waals surface area contributed by atoms with Gasteiger partial charge in [0.15, 0.2) is 15.8 Å². The van der Waals surface area contributed by atoms with Gasteiger partial charge in [-0.3, -0.25) is 4.40 Å². The highest BCUT2D eigenvalue weighted by molar-refractivity contribution is 7.89. The van der Waals surface area contributed by atoms with Crippen molar-refractivity contribution in [2.75, 3.05) is 25.0 Å². The Morgan fingerprint density at radius 2 is 2.06 bits per heavy atom. The Labute approximate surface area is 200 Å². The predicted octanol–water partition coefficient (Wildman–Crippen LogP) is 3.06. The highest BCUT2D eigenvalue weighted by Crippen LogP contribution is 2.38. The zero-order chi connectivity index (χ0) is 24.3. The van der Waals surface area contributed by atoms with Crippen LogP contribution in [0.5, 0.6) is 0 Å². The van der Waals surface area contributed by atoms with E-state index in [1.165, 1.54) is 6.20 Å². The number of sulfonamides is 1. The lowest BCUT2D eigenvalue weighted by atomic mass is 9.93. The van der Waals surface area contributed by atoms with E-state index in [1.807, 2.05) is 14.0 Å². The topological polar surface area (TPSA) is 105 Å². The fourth-order valence-electron chi connectivity index (χ4n) is 4.49. The molecule has 4 heterocycles. The molecular weight excluding hydrogens is 484 g/mol. The summed E-state index contributed by atoms with van der Waals surface area (Å²) in [5.74, 6) is 0.634. The van der Waals surface area contributed by atoms with Gasteiger partial charge in [0.25, 0.3) is 6.43 Å². The van der Waals surface area contributed by atoms with E-state index in [0.29, 0.717) is 17.5 Å². The molecule has 0 aromatic carbocycles. The van der Waals surface area contributed by atoms with Crippen LogP contribution in [0.15, 0.2) is 23.4 Å². The monoisotopic (exact) mass is 511 g/mol. The number of nitrogens with one attached hydrogen (secondary N) is 2. The number of aromatic nitrogens is 4. The summed E-state index contributed by atoms with van der Waals surface area (Å²) < 4.78 is 57.2. The van der Waals surface area contributed by atoms with Gasteiger partial charge >= 0.3 is 0 Å². The first-order valence-corrected chi connectivity index (χ1v) is 13.5. The van der Waals surface area contributed by atoms with Crippen molar-refractivity contribution in [3.05, 3.63) is 23.5 Å². The summed E-state index contributed by atoms with van der Waals surface area (Å²) >= 11 is 0.750. The summed E-state index contributed by atoms with van der Waals surface area (Å²) in [5.41, 5.74) is 0.995. The average molecular weight is 512 g/mol. The number of rotatable bonds is 7. The highest BCUT2D eigenvalue weighted by atomic mass is 32.2. The van der Waals surface area contributed by atoms with Crippen molar-refractivity contribution in [2.45, 2.75) is 56.0 Å². The number of hydrogen-bond donors (Lipinski definition) is 2. The molecule has 0 radical (unpaired) electrons. The van der Waals surface area contributed by atoms with Gasteiger partial charge in [-0.2, -0.15) is 0 Å². The molecule has 3 aromatic rings. The maximum Gasteiger partial charge on any atom is 0.291 e. The van der Waals surface area contributed by atoms with E-state index in [0.717, 1.165) is 49.4 Å². The van der Waals surface area contributed by atoms with E-state index >= 15 is 0 Å². The van der Waals surface area contributed by atoms with E-state index in [9.17, 15) is 17.2 Å². The Morgan fingerprint density at radius 1 is 1.29 bits per heavy atom. The zero-order valence-corrected chi connectivity index (χ0v) is 20.8. The molecule has 1 aliphatic carbocycles. The van der Waals surface area contributed by atoms with Crippen LogP contribution in [0.2, 0.25) is 0 Å². The van der Waals surface area contributed by atoms with Gasteiger partial charge in [0, 0.05) is 30.9 Å². The number of piperidine rings is 1. The van der Waals surface area contributed by atoms with E-state index in [2.05, 4.69) is 37.0 Å². The van der Waals surface area contributed by atoms with E-state index in [4.69, 9.17) is 0 Å². The molecule has 1 aliphatic heterocycles. The van der Waals surface area contributed by atoms with Crippen molar-refractivity contribution in [3.63, 3.8) is 0 Å². The van der Waals surface area contributed by atoms with Gasteiger partial charge in [-0.25, -0.2) is 26.9 Å². The molecule has 0 spiro atoms.